The van der Waals surface area contributed by atoms with E-state index >= 15 is 0 Å². The summed E-state index contributed by atoms with van der Waals surface area (Å²) >= 11 is 2.27. The third-order valence-electron chi connectivity index (χ3n) is 4.48. The summed E-state index contributed by atoms with van der Waals surface area (Å²) in [6.07, 6.45) is 1.58. The molecule has 0 radical (unpaired) electrons. The minimum atomic E-state index is -0.493. The number of rotatable bonds is 8. The number of carbonyl (C=O) groups is 2. The van der Waals surface area contributed by atoms with Gasteiger partial charge in [-0.1, -0.05) is 23.1 Å². The van der Waals surface area contributed by atoms with Crippen molar-refractivity contribution in [2.24, 2.45) is 0 Å². The predicted molar refractivity (Wildman–Crippen MR) is 122 cm³/mol. The summed E-state index contributed by atoms with van der Waals surface area (Å²) in [7, 11) is 1.29. The first-order valence-corrected chi connectivity index (χ1v) is 11.5. The lowest BCUT2D eigenvalue weighted by Gasteiger charge is -2.09. The van der Waals surface area contributed by atoms with Crippen molar-refractivity contribution in [1.29, 1.82) is 0 Å². The number of hydrogen-bond donors (Lipinski definition) is 2. The maximum atomic E-state index is 12.5. The van der Waals surface area contributed by atoms with E-state index in [1.807, 2.05) is 10.6 Å². The number of carbonyl (C=O) groups excluding carboxylic acids is 2. The minimum Gasteiger partial charge on any atom is -0.508 e. The number of anilines is 1. The van der Waals surface area contributed by atoms with Crippen LogP contribution in [0.25, 0.3) is 11.4 Å². The van der Waals surface area contributed by atoms with Crippen molar-refractivity contribution < 1.29 is 23.8 Å². The number of nitrogens with zero attached hydrogens (tertiary/aromatic N) is 4. The molecule has 12 heteroatoms. The molecule has 0 saturated carbocycles. The second-order valence-electron chi connectivity index (χ2n) is 6.78. The standard InChI is InChI=1S/C21H19N5O5S2/c1-12-17(19(29)30-2)33-20(22-12)23-16(28)11-32-21-25-24-18(13-5-7-14(27)8-6-13)26(21)10-15-4-3-9-31-15/h3-9,27H,10-11H2,1-2H3,(H,22,23,28). The maximum Gasteiger partial charge on any atom is 0.350 e. The molecule has 10 nitrogen and oxygen atoms in total. The lowest BCUT2D eigenvalue weighted by atomic mass is 10.2. The van der Waals surface area contributed by atoms with Gasteiger partial charge in [0.15, 0.2) is 16.1 Å². The topological polar surface area (TPSA) is 132 Å². The first kappa shape index (κ1) is 22.6. The van der Waals surface area contributed by atoms with Crippen molar-refractivity contribution in [3.8, 4) is 17.1 Å². The second kappa shape index (κ2) is 9.88. The van der Waals surface area contributed by atoms with Crippen LogP contribution >= 0.6 is 23.1 Å². The van der Waals surface area contributed by atoms with E-state index in [0.717, 1.165) is 16.9 Å². The van der Waals surface area contributed by atoms with Gasteiger partial charge in [-0.05, 0) is 43.3 Å². The van der Waals surface area contributed by atoms with Crippen molar-refractivity contribution in [3.63, 3.8) is 0 Å². The van der Waals surface area contributed by atoms with Crippen molar-refractivity contribution in [3.05, 3.63) is 59.0 Å². The molecule has 0 unspecified atom stereocenters. The van der Waals surface area contributed by atoms with Crippen LogP contribution < -0.4 is 5.32 Å². The van der Waals surface area contributed by atoms with Gasteiger partial charge in [-0.15, -0.1) is 10.2 Å². The molecular formula is C21H19N5O5S2. The zero-order valence-electron chi connectivity index (χ0n) is 17.6. The Morgan fingerprint density at radius 1 is 1.24 bits per heavy atom. The van der Waals surface area contributed by atoms with Crippen molar-refractivity contribution in [2.75, 3.05) is 18.2 Å². The van der Waals surface area contributed by atoms with E-state index in [1.54, 1.807) is 43.5 Å². The molecule has 1 aromatic carbocycles. The van der Waals surface area contributed by atoms with Gasteiger partial charge in [0.05, 0.1) is 31.4 Å². The van der Waals surface area contributed by atoms with Crippen molar-refractivity contribution in [1.82, 2.24) is 19.7 Å². The molecule has 0 aliphatic carbocycles. The molecule has 3 heterocycles. The average Bonchev–Trinajstić information content (AvgIpc) is 3.54. The number of ether oxygens (including phenoxy) is 1. The van der Waals surface area contributed by atoms with Crippen LogP contribution in [-0.2, 0) is 16.1 Å². The normalized spacial score (nSPS) is 10.8. The number of thioether (sulfide) groups is 1. The van der Waals surface area contributed by atoms with Crippen LogP contribution in [-0.4, -0.2) is 49.6 Å². The molecular weight excluding hydrogens is 466 g/mol. The Hall–Kier alpha value is -3.64. The van der Waals surface area contributed by atoms with E-state index in [9.17, 15) is 14.7 Å². The van der Waals surface area contributed by atoms with E-state index < -0.39 is 5.97 Å². The Labute approximate surface area is 196 Å². The number of esters is 1. The van der Waals surface area contributed by atoms with Crippen molar-refractivity contribution >= 4 is 40.1 Å². The second-order valence-corrected chi connectivity index (χ2v) is 8.72. The van der Waals surface area contributed by atoms with Crippen LogP contribution in [0.4, 0.5) is 5.13 Å². The molecule has 0 aliphatic heterocycles. The fraction of sp³-hybridized carbons (Fsp3) is 0.190. The number of aromatic nitrogens is 4. The molecule has 2 N–H and O–H groups in total. The highest BCUT2D eigenvalue weighted by Crippen LogP contribution is 2.27. The number of phenols is 1. The fourth-order valence-corrected chi connectivity index (χ4v) is 4.58. The van der Waals surface area contributed by atoms with E-state index in [4.69, 9.17) is 9.15 Å². The van der Waals surface area contributed by atoms with Crippen LogP contribution in [0.1, 0.15) is 21.1 Å². The van der Waals surface area contributed by atoms with Crippen molar-refractivity contribution in [2.45, 2.75) is 18.6 Å². The summed E-state index contributed by atoms with van der Waals surface area (Å²) in [6.45, 7) is 2.05. The molecule has 0 bridgehead atoms. The molecule has 0 aliphatic rings. The number of thiazole rings is 1. The molecule has 4 aromatic rings. The van der Waals surface area contributed by atoms with Gasteiger partial charge in [-0.2, -0.15) is 0 Å². The predicted octanol–water partition coefficient (Wildman–Crippen LogP) is 3.57. The van der Waals surface area contributed by atoms with Gasteiger partial charge < -0.3 is 19.6 Å². The van der Waals surface area contributed by atoms with E-state index in [1.165, 1.54) is 18.9 Å². The molecule has 0 spiro atoms. The Kier molecular flexibility index (Phi) is 6.75. The minimum absolute atomic E-state index is 0.0536. The summed E-state index contributed by atoms with van der Waals surface area (Å²) < 4.78 is 12.0. The molecule has 0 fully saturated rings. The smallest absolute Gasteiger partial charge is 0.350 e. The Bertz CT molecular complexity index is 1260. The first-order chi connectivity index (χ1) is 15.9. The Balaban J connectivity index is 1.50. The van der Waals surface area contributed by atoms with Gasteiger partial charge in [-0.25, -0.2) is 9.78 Å². The van der Waals surface area contributed by atoms with E-state index in [2.05, 4.69) is 20.5 Å². The summed E-state index contributed by atoms with van der Waals surface area (Å²) in [4.78, 5) is 28.8. The summed E-state index contributed by atoms with van der Waals surface area (Å²) in [5.41, 5.74) is 1.25. The lowest BCUT2D eigenvalue weighted by Crippen LogP contribution is -2.14. The Morgan fingerprint density at radius 3 is 2.73 bits per heavy atom. The van der Waals surface area contributed by atoms with Crippen LogP contribution in [0.3, 0.4) is 0 Å². The highest BCUT2D eigenvalue weighted by molar-refractivity contribution is 7.99. The largest absolute Gasteiger partial charge is 0.508 e. The highest BCUT2D eigenvalue weighted by Gasteiger charge is 2.19. The number of nitrogens with one attached hydrogen (secondary N) is 1. The number of methoxy groups -OCH3 is 1. The number of furan rings is 1. The lowest BCUT2D eigenvalue weighted by molar-refractivity contribution is -0.113. The van der Waals surface area contributed by atoms with Gasteiger partial charge in [0.2, 0.25) is 5.91 Å². The molecule has 170 valence electrons. The number of aromatic hydroxyl groups is 1. The highest BCUT2D eigenvalue weighted by atomic mass is 32.2. The van der Waals surface area contributed by atoms with Crippen LogP contribution in [0.15, 0.2) is 52.2 Å². The molecule has 0 atom stereocenters. The number of amides is 1. The first-order valence-electron chi connectivity index (χ1n) is 9.68. The summed E-state index contributed by atoms with van der Waals surface area (Å²) in [5.74, 6) is 0.687. The number of hydrogen-bond acceptors (Lipinski definition) is 10. The van der Waals surface area contributed by atoms with Gasteiger partial charge in [0, 0.05) is 5.56 Å². The monoisotopic (exact) mass is 485 g/mol. The Morgan fingerprint density at radius 2 is 2.03 bits per heavy atom. The zero-order valence-corrected chi connectivity index (χ0v) is 19.3. The summed E-state index contributed by atoms with van der Waals surface area (Å²) in [5, 5.41) is 21.6. The van der Waals surface area contributed by atoms with Gasteiger partial charge in [0.1, 0.15) is 16.4 Å². The van der Waals surface area contributed by atoms with E-state index in [-0.39, 0.29) is 17.4 Å². The van der Waals surface area contributed by atoms with Gasteiger partial charge in [0.25, 0.3) is 0 Å². The van der Waals surface area contributed by atoms with Crippen LogP contribution in [0.2, 0.25) is 0 Å². The molecule has 0 saturated heterocycles. The zero-order chi connectivity index (χ0) is 23.4. The number of phenolic OH excluding ortho intramolecular Hbond substituents is 1. The number of aryl methyl sites for hydroxylation is 1. The third-order valence-corrected chi connectivity index (χ3v) is 6.50. The maximum absolute atomic E-state index is 12.5. The van der Waals surface area contributed by atoms with Gasteiger partial charge in [-0.3, -0.25) is 9.36 Å². The fourth-order valence-electron chi connectivity index (χ4n) is 2.94. The third kappa shape index (κ3) is 5.23. The number of benzene rings is 1. The molecule has 3 aromatic heterocycles. The van der Waals surface area contributed by atoms with E-state index in [0.29, 0.717) is 39.0 Å². The summed E-state index contributed by atoms with van der Waals surface area (Å²) in [6, 6.07) is 10.2. The molecule has 1 amide bonds. The van der Waals surface area contributed by atoms with Gasteiger partial charge >= 0.3 is 5.97 Å². The molecule has 4 rings (SSSR count). The SMILES string of the molecule is COC(=O)c1sc(NC(=O)CSc2nnc(-c3ccc(O)cc3)n2Cc2ccco2)nc1C. The van der Waals surface area contributed by atoms with Crippen LogP contribution in [0, 0.1) is 6.92 Å². The average molecular weight is 486 g/mol. The molecule has 33 heavy (non-hydrogen) atoms. The van der Waals surface area contributed by atoms with Crippen LogP contribution in [0.5, 0.6) is 5.75 Å². The quantitative estimate of drug-likeness (QED) is 0.284.